The third-order valence-electron chi connectivity index (χ3n) is 4.50. The van der Waals surface area contributed by atoms with Crippen molar-refractivity contribution in [3.8, 4) is 0 Å². The van der Waals surface area contributed by atoms with Gasteiger partial charge in [-0.25, -0.2) is 17.5 Å². The number of halogens is 3. The van der Waals surface area contributed by atoms with E-state index in [-0.39, 0.29) is 5.92 Å². The summed E-state index contributed by atoms with van der Waals surface area (Å²) in [6.07, 6.45) is 0.318. The Balaban J connectivity index is 2.39. The van der Waals surface area contributed by atoms with Gasteiger partial charge in [-0.05, 0) is 69.5 Å². The lowest BCUT2D eigenvalue weighted by Gasteiger charge is -2.29. The van der Waals surface area contributed by atoms with Crippen molar-refractivity contribution in [2.24, 2.45) is 0 Å². The summed E-state index contributed by atoms with van der Waals surface area (Å²) in [5.74, 6) is -0.692. The molecule has 0 saturated carbocycles. The zero-order chi connectivity index (χ0) is 20.4. The average molecular weight is 432 g/mol. The molecule has 0 fully saturated rings. The fourth-order valence-electron chi connectivity index (χ4n) is 2.72. The van der Waals surface area contributed by atoms with Crippen LogP contribution in [0, 0.1) is 5.82 Å². The molecule has 7 heteroatoms. The Morgan fingerprint density at radius 3 is 2.11 bits per heavy atom. The van der Waals surface area contributed by atoms with E-state index >= 15 is 0 Å². The SMILES string of the molecule is CC(NS(=O)(=O)C(C)(C)C)C(Cc1ccc(Cl)cc1F)c1ccc(Cl)cc1. The van der Waals surface area contributed by atoms with Crippen molar-refractivity contribution in [3.63, 3.8) is 0 Å². The molecule has 2 unspecified atom stereocenters. The molecule has 0 amide bonds. The number of hydrogen-bond donors (Lipinski definition) is 1. The number of hydrogen-bond acceptors (Lipinski definition) is 2. The van der Waals surface area contributed by atoms with Crippen molar-refractivity contribution in [3.05, 3.63) is 69.5 Å². The fraction of sp³-hybridized carbons (Fsp3) is 0.400. The lowest BCUT2D eigenvalue weighted by atomic mass is 9.87. The summed E-state index contributed by atoms with van der Waals surface area (Å²) in [6.45, 7) is 6.70. The standard InChI is InChI=1S/C20H24Cl2FNO2S/c1-13(24-27(25,26)20(2,3)4)18(14-5-8-16(21)9-6-14)11-15-7-10-17(22)12-19(15)23/h5-10,12-13,18,24H,11H2,1-4H3. The van der Waals surface area contributed by atoms with Gasteiger partial charge in [0.1, 0.15) is 5.82 Å². The monoisotopic (exact) mass is 431 g/mol. The van der Waals surface area contributed by atoms with Crippen molar-refractivity contribution in [2.45, 2.75) is 50.8 Å². The van der Waals surface area contributed by atoms with E-state index in [0.29, 0.717) is 22.0 Å². The predicted molar refractivity (Wildman–Crippen MR) is 111 cm³/mol. The Hall–Kier alpha value is -1.14. The number of sulfonamides is 1. The normalized spacial score (nSPS) is 14.8. The first-order valence-electron chi connectivity index (χ1n) is 8.62. The molecule has 3 nitrogen and oxygen atoms in total. The molecule has 0 aliphatic carbocycles. The quantitative estimate of drug-likeness (QED) is 0.649. The van der Waals surface area contributed by atoms with Crippen LogP contribution in [-0.4, -0.2) is 19.2 Å². The topological polar surface area (TPSA) is 46.2 Å². The first kappa shape index (κ1) is 22.2. The summed E-state index contributed by atoms with van der Waals surface area (Å²) in [6, 6.07) is 11.2. The predicted octanol–water partition coefficient (Wildman–Crippen LogP) is 5.57. The fourth-order valence-corrected chi connectivity index (χ4v) is 4.01. The molecule has 2 atom stereocenters. The van der Waals surface area contributed by atoms with E-state index in [1.165, 1.54) is 6.07 Å². The van der Waals surface area contributed by atoms with Crippen LogP contribution in [0.3, 0.4) is 0 Å². The summed E-state index contributed by atoms with van der Waals surface area (Å²) >= 11 is 11.8. The smallest absolute Gasteiger partial charge is 0.212 e. The van der Waals surface area contributed by atoms with Gasteiger partial charge in [-0.15, -0.1) is 0 Å². The molecule has 1 N–H and O–H groups in total. The summed E-state index contributed by atoms with van der Waals surface area (Å²) in [5, 5.41) is 0.902. The molecule has 0 saturated heterocycles. The van der Waals surface area contributed by atoms with Crippen LogP contribution < -0.4 is 4.72 Å². The van der Waals surface area contributed by atoms with E-state index in [4.69, 9.17) is 23.2 Å². The van der Waals surface area contributed by atoms with Gasteiger partial charge in [-0.2, -0.15) is 0 Å². The summed E-state index contributed by atoms with van der Waals surface area (Å²) in [7, 11) is -3.56. The lowest BCUT2D eigenvalue weighted by molar-refractivity contribution is 0.481. The van der Waals surface area contributed by atoms with Crippen molar-refractivity contribution in [1.29, 1.82) is 0 Å². The van der Waals surface area contributed by atoms with Gasteiger partial charge < -0.3 is 0 Å². The van der Waals surface area contributed by atoms with Crippen LogP contribution in [0.5, 0.6) is 0 Å². The minimum Gasteiger partial charge on any atom is -0.212 e. The molecule has 0 aliphatic heterocycles. The molecule has 0 bridgehead atoms. The first-order valence-corrected chi connectivity index (χ1v) is 10.9. The van der Waals surface area contributed by atoms with E-state index in [9.17, 15) is 12.8 Å². The molecule has 2 aromatic carbocycles. The Bertz CT molecular complexity index is 893. The molecule has 2 aromatic rings. The largest absolute Gasteiger partial charge is 0.216 e. The summed E-state index contributed by atoms with van der Waals surface area (Å²) in [4.78, 5) is 0. The number of rotatable bonds is 6. The maximum Gasteiger partial charge on any atom is 0.216 e. The van der Waals surface area contributed by atoms with E-state index in [2.05, 4.69) is 4.72 Å². The molecule has 0 radical (unpaired) electrons. The highest BCUT2D eigenvalue weighted by Crippen LogP contribution is 2.29. The molecule has 148 valence electrons. The highest BCUT2D eigenvalue weighted by molar-refractivity contribution is 7.90. The van der Waals surface area contributed by atoms with Gasteiger partial charge in [0.2, 0.25) is 10.0 Å². The van der Waals surface area contributed by atoms with Gasteiger partial charge >= 0.3 is 0 Å². The zero-order valence-corrected chi connectivity index (χ0v) is 18.1. The zero-order valence-electron chi connectivity index (χ0n) is 15.8. The van der Waals surface area contributed by atoms with E-state index in [1.807, 2.05) is 12.1 Å². The third kappa shape index (κ3) is 5.67. The van der Waals surface area contributed by atoms with Gasteiger partial charge in [0.15, 0.2) is 0 Å². The second-order valence-corrected chi connectivity index (χ2v) is 11.0. The van der Waals surface area contributed by atoms with Gasteiger partial charge in [0, 0.05) is 22.0 Å². The Morgan fingerprint density at radius 1 is 1.04 bits per heavy atom. The van der Waals surface area contributed by atoms with Crippen molar-refractivity contribution in [2.75, 3.05) is 0 Å². The van der Waals surface area contributed by atoms with Crippen molar-refractivity contribution in [1.82, 2.24) is 4.72 Å². The molecular formula is C20H24Cl2FNO2S. The maximum absolute atomic E-state index is 14.3. The van der Waals surface area contributed by atoms with E-state index in [0.717, 1.165) is 5.56 Å². The highest BCUT2D eigenvalue weighted by atomic mass is 35.5. The van der Waals surface area contributed by atoms with Crippen LogP contribution in [-0.2, 0) is 16.4 Å². The van der Waals surface area contributed by atoms with Crippen LogP contribution >= 0.6 is 23.2 Å². The van der Waals surface area contributed by atoms with Gasteiger partial charge in [-0.1, -0.05) is 41.4 Å². The van der Waals surface area contributed by atoms with Crippen LogP contribution in [0.25, 0.3) is 0 Å². The van der Waals surface area contributed by atoms with Crippen LogP contribution in [0.2, 0.25) is 10.0 Å². The summed E-state index contributed by atoms with van der Waals surface area (Å²) < 4.78 is 41.3. The second kappa shape index (κ2) is 8.48. The third-order valence-corrected chi connectivity index (χ3v) is 7.29. The van der Waals surface area contributed by atoms with Crippen molar-refractivity contribution < 1.29 is 12.8 Å². The van der Waals surface area contributed by atoms with Gasteiger partial charge in [0.05, 0.1) is 4.75 Å². The van der Waals surface area contributed by atoms with Crippen LogP contribution in [0.4, 0.5) is 4.39 Å². The van der Waals surface area contributed by atoms with Gasteiger partial charge in [-0.3, -0.25) is 0 Å². The highest BCUT2D eigenvalue weighted by Gasteiger charge is 2.33. The molecule has 0 heterocycles. The summed E-state index contributed by atoms with van der Waals surface area (Å²) in [5.41, 5.74) is 1.35. The minimum atomic E-state index is -3.56. The van der Waals surface area contributed by atoms with Crippen LogP contribution in [0.15, 0.2) is 42.5 Å². The van der Waals surface area contributed by atoms with Crippen molar-refractivity contribution >= 4 is 33.2 Å². The lowest BCUT2D eigenvalue weighted by Crippen LogP contribution is -2.46. The Kier molecular flexibility index (Phi) is 6.96. The molecule has 0 spiro atoms. The number of benzene rings is 2. The second-order valence-electron chi connectivity index (χ2n) is 7.62. The molecule has 27 heavy (non-hydrogen) atoms. The number of nitrogens with one attached hydrogen (secondary N) is 1. The van der Waals surface area contributed by atoms with Crippen LogP contribution in [0.1, 0.15) is 44.7 Å². The molecule has 0 aromatic heterocycles. The first-order chi connectivity index (χ1) is 12.4. The molecule has 0 aliphatic rings. The molecule has 2 rings (SSSR count). The van der Waals surface area contributed by atoms with E-state index in [1.54, 1.807) is 52.0 Å². The minimum absolute atomic E-state index is 0.282. The van der Waals surface area contributed by atoms with Gasteiger partial charge in [0.25, 0.3) is 0 Å². The van der Waals surface area contributed by atoms with E-state index < -0.39 is 26.6 Å². The molecular weight excluding hydrogens is 408 g/mol. The Morgan fingerprint density at radius 2 is 1.59 bits per heavy atom. The average Bonchev–Trinajstić information content (AvgIpc) is 2.53. The Labute approximate surface area is 170 Å². The maximum atomic E-state index is 14.3.